The van der Waals surface area contributed by atoms with Gasteiger partial charge in [0.25, 0.3) is 5.91 Å². The van der Waals surface area contributed by atoms with E-state index in [0.29, 0.717) is 12.3 Å². The van der Waals surface area contributed by atoms with Crippen molar-refractivity contribution in [2.75, 3.05) is 20.3 Å². The number of hydrogen-bond donors (Lipinski definition) is 1. The predicted molar refractivity (Wildman–Crippen MR) is 63.8 cm³/mol. The standard InChI is InChI=1S/C11H14N2O5/c1-3-12-11(14)7-18-10-5-4-8(17-2)6-9(10)13(15)16/h4-6H,3,7H2,1-2H3,(H,12,14). The fourth-order valence-electron chi connectivity index (χ4n) is 1.28. The minimum Gasteiger partial charge on any atom is -0.496 e. The first-order chi connectivity index (χ1) is 8.58. The van der Waals surface area contributed by atoms with Crippen molar-refractivity contribution in [2.24, 2.45) is 0 Å². The van der Waals surface area contributed by atoms with Crippen LogP contribution in [0.2, 0.25) is 0 Å². The van der Waals surface area contributed by atoms with Crippen LogP contribution >= 0.6 is 0 Å². The molecule has 18 heavy (non-hydrogen) atoms. The van der Waals surface area contributed by atoms with Gasteiger partial charge in [-0.05, 0) is 19.1 Å². The Morgan fingerprint density at radius 1 is 1.50 bits per heavy atom. The highest BCUT2D eigenvalue weighted by Crippen LogP contribution is 2.30. The molecule has 0 saturated heterocycles. The van der Waals surface area contributed by atoms with Crippen molar-refractivity contribution in [1.29, 1.82) is 0 Å². The van der Waals surface area contributed by atoms with Crippen molar-refractivity contribution in [3.63, 3.8) is 0 Å². The molecule has 98 valence electrons. The molecule has 0 aliphatic rings. The summed E-state index contributed by atoms with van der Waals surface area (Å²) >= 11 is 0. The van der Waals surface area contributed by atoms with Crippen LogP contribution in [0.1, 0.15) is 6.92 Å². The molecule has 0 saturated carbocycles. The van der Waals surface area contributed by atoms with E-state index in [0.717, 1.165) is 0 Å². The Labute approximate surface area is 104 Å². The smallest absolute Gasteiger partial charge is 0.314 e. The van der Waals surface area contributed by atoms with Crippen molar-refractivity contribution < 1.29 is 19.2 Å². The highest BCUT2D eigenvalue weighted by Gasteiger charge is 2.17. The van der Waals surface area contributed by atoms with Gasteiger partial charge < -0.3 is 14.8 Å². The summed E-state index contributed by atoms with van der Waals surface area (Å²) in [5.74, 6) is 0.0572. The van der Waals surface area contributed by atoms with Gasteiger partial charge in [0.2, 0.25) is 0 Å². The number of nitro benzene ring substituents is 1. The van der Waals surface area contributed by atoms with E-state index in [1.54, 1.807) is 6.92 Å². The van der Waals surface area contributed by atoms with E-state index in [9.17, 15) is 14.9 Å². The van der Waals surface area contributed by atoms with Crippen LogP contribution in [-0.4, -0.2) is 31.1 Å². The molecule has 0 bridgehead atoms. The molecule has 0 fully saturated rings. The molecule has 0 heterocycles. The largest absolute Gasteiger partial charge is 0.496 e. The van der Waals surface area contributed by atoms with E-state index in [4.69, 9.17) is 9.47 Å². The van der Waals surface area contributed by atoms with Crippen LogP contribution in [0.4, 0.5) is 5.69 Å². The molecule has 0 spiro atoms. The van der Waals surface area contributed by atoms with Crippen LogP contribution in [0, 0.1) is 10.1 Å². The number of rotatable bonds is 6. The van der Waals surface area contributed by atoms with Gasteiger partial charge in [-0.3, -0.25) is 14.9 Å². The number of benzene rings is 1. The van der Waals surface area contributed by atoms with Crippen LogP contribution in [0.25, 0.3) is 0 Å². The number of methoxy groups -OCH3 is 1. The molecular weight excluding hydrogens is 240 g/mol. The Morgan fingerprint density at radius 2 is 2.22 bits per heavy atom. The minimum absolute atomic E-state index is 0.0343. The number of nitro groups is 1. The first kappa shape index (κ1) is 13.8. The lowest BCUT2D eigenvalue weighted by Crippen LogP contribution is -2.28. The summed E-state index contributed by atoms with van der Waals surface area (Å²) in [6, 6.07) is 4.17. The average Bonchev–Trinajstić information content (AvgIpc) is 2.36. The molecule has 7 nitrogen and oxygen atoms in total. The molecule has 0 aliphatic heterocycles. The number of nitrogens with one attached hydrogen (secondary N) is 1. The highest BCUT2D eigenvalue weighted by atomic mass is 16.6. The lowest BCUT2D eigenvalue weighted by Gasteiger charge is -2.07. The van der Waals surface area contributed by atoms with Gasteiger partial charge in [0, 0.05) is 6.54 Å². The third-order valence-electron chi connectivity index (χ3n) is 2.10. The second-order valence-electron chi connectivity index (χ2n) is 3.33. The molecule has 1 aromatic rings. The molecule has 0 radical (unpaired) electrons. The predicted octanol–water partition coefficient (Wildman–Crippen LogP) is 1.12. The Bertz CT molecular complexity index is 447. The SMILES string of the molecule is CCNC(=O)COc1ccc(OC)cc1[N+](=O)[O-]. The lowest BCUT2D eigenvalue weighted by atomic mass is 10.3. The summed E-state index contributed by atoms with van der Waals surface area (Å²) in [5, 5.41) is 13.4. The van der Waals surface area contributed by atoms with E-state index in [1.165, 1.54) is 25.3 Å². The summed E-state index contributed by atoms with van der Waals surface area (Å²) in [7, 11) is 1.41. The maximum absolute atomic E-state index is 11.2. The van der Waals surface area contributed by atoms with Gasteiger partial charge in [0.15, 0.2) is 12.4 Å². The molecule has 1 amide bonds. The fraction of sp³-hybridized carbons (Fsp3) is 0.364. The topological polar surface area (TPSA) is 90.7 Å². The van der Waals surface area contributed by atoms with Crippen LogP contribution < -0.4 is 14.8 Å². The van der Waals surface area contributed by atoms with Gasteiger partial charge in [0.05, 0.1) is 18.1 Å². The summed E-state index contributed by atoms with van der Waals surface area (Å²) < 4.78 is 9.99. The van der Waals surface area contributed by atoms with Gasteiger partial charge in [-0.1, -0.05) is 0 Å². The lowest BCUT2D eigenvalue weighted by molar-refractivity contribution is -0.385. The zero-order valence-electron chi connectivity index (χ0n) is 10.1. The van der Waals surface area contributed by atoms with E-state index >= 15 is 0 Å². The third kappa shape index (κ3) is 3.62. The number of amides is 1. The zero-order chi connectivity index (χ0) is 13.5. The number of nitrogens with zero attached hydrogens (tertiary/aromatic N) is 1. The summed E-state index contributed by atoms with van der Waals surface area (Å²) in [4.78, 5) is 21.4. The second kappa shape index (κ2) is 6.43. The first-order valence-corrected chi connectivity index (χ1v) is 5.30. The Kier molecular flexibility index (Phi) is 4.91. The number of likely N-dealkylation sites (N-methyl/N-ethyl adjacent to an activating group) is 1. The van der Waals surface area contributed by atoms with E-state index < -0.39 is 4.92 Å². The number of carbonyl (C=O) groups excluding carboxylic acids is 1. The normalized spacial score (nSPS) is 9.67. The van der Waals surface area contributed by atoms with Crippen LogP contribution in [-0.2, 0) is 4.79 Å². The molecule has 0 unspecified atom stereocenters. The molecule has 1 aromatic carbocycles. The molecule has 7 heteroatoms. The van der Waals surface area contributed by atoms with E-state index in [-0.39, 0.29) is 24.0 Å². The molecule has 1 rings (SSSR count). The average molecular weight is 254 g/mol. The Morgan fingerprint density at radius 3 is 2.78 bits per heavy atom. The monoisotopic (exact) mass is 254 g/mol. The summed E-state index contributed by atoms with van der Waals surface area (Å²) in [6.45, 7) is 1.99. The van der Waals surface area contributed by atoms with E-state index in [1.807, 2.05) is 0 Å². The molecule has 1 N–H and O–H groups in total. The maximum Gasteiger partial charge on any atom is 0.314 e. The van der Waals surface area contributed by atoms with Crippen molar-refractivity contribution in [3.05, 3.63) is 28.3 Å². The number of carbonyl (C=O) groups is 1. The molecule has 0 atom stereocenters. The van der Waals surface area contributed by atoms with Crippen molar-refractivity contribution in [1.82, 2.24) is 5.32 Å². The molecule has 0 aliphatic carbocycles. The Balaban J connectivity index is 2.81. The fourth-order valence-corrected chi connectivity index (χ4v) is 1.28. The van der Waals surface area contributed by atoms with Gasteiger partial charge in [0.1, 0.15) is 5.75 Å². The first-order valence-electron chi connectivity index (χ1n) is 5.30. The highest BCUT2D eigenvalue weighted by molar-refractivity contribution is 5.77. The summed E-state index contributed by atoms with van der Waals surface area (Å²) in [6.07, 6.45) is 0. The quantitative estimate of drug-likeness (QED) is 0.606. The molecular formula is C11H14N2O5. The zero-order valence-corrected chi connectivity index (χ0v) is 10.1. The van der Waals surface area contributed by atoms with Gasteiger partial charge in [-0.15, -0.1) is 0 Å². The number of hydrogen-bond acceptors (Lipinski definition) is 5. The van der Waals surface area contributed by atoms with Crippen LogP contribution in [0.3, 0.4) is 0 Å². The van der Waals surface area contributed by atoms with E-state index in [2.05, 4.69) is 5.32 Å². The minimum atomic E-state index is -0.588. The number of ether oxygens (including phenoxy) is 2. The van der Waals surface area contributed by atoms with Gasteiger partial charge in [-0.2, -0.15) is 0 Å². The third-order valence-corrected chi connectivity index (χ3v) is 2.10. The van der Waals surface area contributed by atoms with Crippen molar-refractivity contribution in [3.8, 4) is 11.5 Å². The van der Waals surface area contributed by atoms with Crippen molar-refractivity contribution in [2.45, 2.75) is 6.92 Å². The Hall–Kier alpha value is -2.31. The maximum atomic E-state index is 11.2. The van der Waals surface area contributed by atoms with Crippen LogP contribution in [0.5, 0.6) is 11.5 Å². The van der Waals surface area contributed by atoms with Gasteiger partial charge in [-0.25, -0.2) is 0 Å². The summed E-state index contributed by atoms with van der Waals surface area (Å²) in [5.41, 5.74) is -0.237. The van der Waals surface area contributed by atoms with Gasteiger partial charge >= 0.3 is 5.69 Å². The van der Waals surface area contributed by atoms with Crippen molar-refractivity contribution >= 4 is 11.6 Å². The molecule has 0 aromatic heterocycles. The second-order valence-corrected chi connectivity index (χ2v) is 3.33. The van der Waals surface area contributed by atoms with Crippen LogP contribution in [0.15, 0.2) is 18.2 Å².